The highest BCUT2D eigenvalue weighted by molar-refractivity contribution is 6.46. The van der Waals surface area contributed by atoms with E-state index in [1.165, 1.54) is 12.0 Å². The van der Waals surface area contributed by atoms with Gasteiger partial charge in [0.2, 0.25) is 0 Å². The summed E-state index contributed by atoms with van der Waals surface area (Å²) in [5.74, 6) is -0.352. The quantitative estimate of drug-likeness (QED) is 0.301. The molecule has 0 bridgehead atoms. The lowest BCUT2D eigenvalue weighted by molar-refractivity contribution is -0.140. The van der Waals surface area contributed by atoms with Crippen LogP contribution >= 0.6 is 0 Å². The molecular weight excluding hydrogens is 444 g/mol. The lowest BCUT2D eigenvalue weighted by atomic mass is 9.92. The molecule has 1 fully saturated rings. The zero-order chi connectivity index (χ0) is 25.1. The van der Waals surface area contributed by atoms with Gasteiger partial charge in [0, 0.05) is 30.1 Å². The summed E-state index contributed by atoms with van der Waals surface area (Å²) < 4.78 is 11.0. The molecule has 7 nitrogen and oxygen atoms in total. The normalized spacial score (nSPS) is 17.2. The molecule has 1 saturated heterocycles. The van der Waals surface area contributed by atoms with Crippen LogP contribution in [0.25, 0.3) is 5.76 Å². The van der Waals surface area contributed by atoms with E-state index < -0.39 is 17.7 Å². The van der Waals surface area contributed by atoms with Gasteiger partial charge in [-0.1, -0.05) is 38.1 Å². The SMILES string of the molecule is COc1ccc(/C(O)=C2\C(=O)C(=O)N(Cc3cccnc3)C2c2ccccc2OC)cc1C(C)C. The molecular formula is C28H28N2O5. The van der Waals surface area contributed by atoms with Crippen molar-refractivity contribution in [3.63, 3.8) is 0 Å². The molecule has 1 aromatic heterocycles. The molecule has 0 aliphatic carbocycles. The van der Waals surface area contributed by atoms with Crippen LogP contribution in [0.4, 0.5) is 0 Å². The largest absolute Gasteiger partial charge is 0.507 e. The number of benzene rings is 2. The van der Waals surface area contributed by atoms with Gasteiger partial charge in [-0.3, -0.25) is 14.6 Å². The molecule has 2 aromatic carbocycles. The van der Waals surface area contributed by atoms with Crippen molar-refractivity contribution in [2.24, 2.45) is 0 Å². The summed E-state index contributed by atoms with van der Waals surface area (Å²) in [4.78, 5) is 32.2. The van der Waals surface area contributed by atoms with Gasteiger partial charge in [-0.05, 0) is 47.4 Å². The Labute approximate surface area is 204 Å². The van der Waals surface area contributed by atoms with E-state index in [4.69, 9.17) is 9.47 Å². The van der Waals surface area contributed by atoms with Crippen LogP contribution in [0.15, 0.2) is 72.6 Å². The number of carbonyl (C=O) groups is 2. The molecule has 1 aliphatic rings. The van der Waals surface area contributed by atoms with Gasteiger partial charge in [-0.25, -0.2) is 0 Å². The molecule has 35 heavy (non-hydrogen) atoms. The van der Waals surface area contributed by atoms with Crippen molar-refractivity contribution in [3.05, 3.63) is 94.8 Å². The number of carbonyl (C=O) groups excluding carboxylic acids is 2. The first-order valence-corrected chi connectivity index (χ1v) is 11.4. The van der Waals surface area contributed by atoms with Crippen molar-refractivity contribution in [2.45, 2.75) is 32.4 Å². The average Bonchev–Trinajstić information content (AvgIpc) is 3.13. The number of nitrogens with zero attached hydrogens (tertiary/aromatic N) is 2. The number of aliphatic hydroxyl groups is 1. The average molecular weight is 473 g/mol. The minimum Gasteiger partial charge on any atom is -0.507 e. The Morgan fingerprint density at radius 1 is 1.03 bits per heavy atom. The first kappa shape index (κ1) is 24.0. The van der Waals surface area contributed by atoms with Gasteiger partial charge in [0.05, 0.1) is 25.8 Å². The van der Waals surface area contributed by atoms with Gasteiger partial charge in [-0.2, -0.15) is 0 Å². The lowest BCUT2D eigenvalue weighted by Gasteiger charge is -2.26. The highest BCUT2D eigenvalue weighted by Crippen LogP contribution is 2.43. The van der Waals surface area contributed by atoms with Gasteiger partial charge in [0.1, 0.15) is 17.3 Å². The number of methoxy groups -OCH3 is 2. The van der Waals surface area contributed by atoms with Gasteiger partial charge in [-0.15, -0.1) is 0 Å². The maximum absolute atomic E-state index is 13.4. The van der Waals surface area contributed by atoms with E-state index in [1.54, 1.807) is 55.9 Å². The van der Waals surface area contributed by atoms with Crippen LogP contribution in [0.3, 0.4) is 0 Å². The topological polar surface area (TPSA) is 89.0 Å². The van der Waals surface area contributed by atoms with Crippen molar-refractivity contribution in [1.29, 1.82) is 0 Å². The fraction of sp³-hybridized carbons (Fsp3) is 0.250. The van der Waals surface area contributed by atoms with E-state index in [0.717, 1.165) is 11.1 Å². The fourth-order valence-corrected chi connectivity index (χ4v) is 4.44. The third-order valence-corrected chi connectivity index (χ3v) is 6.17. The number of aromatic nitrogens is 1. The van der Waals surface area contributed by atoms with Crippen LogP contribution in [0.2, 0.25) is 0 Å². The summed E-state index contributed by atoms with van der Waals surface area (Å²) in [5.41, 5.74) is 2.71. The third kappa shape index (κ3) is 4.49. The molecule has 4 rings (SSSR count). The van der Waals surface area contributed by atoms with Crippen LogP contribution in [0.5, 0.6) is 11.5 Å². The van der Waals surface area contributed by atoms with Crippen molar-refractivity contribution < 1.29 is 24.2 Å². The molecule has 1 unspecified atom stereocenters. The van der Waals surface area contributed by atoms with E-state index in [1.807, 2.05) is 32.0 Å². The summed E-state index contributed by atoms with van der Waals surface area (Å²) in [6.07, 6.45) is 3.29. The fourth-order valence-electron chi connectivity index (χ4n) is 4.44. The minimum atomic E-state index is -0.837. The number of hydrogen-bond acceptors (Lipinski definition) is 6. The van der Waals surface area contributed by atoms with Crippen LogP contribution in [0, 0.1) is 0 Å². The molecule has 0 saturated carbocycles. The summed E-state index contributed by atoms with van der Waals surface area (Å²) in [6, 6.07) is 15.2. The molecule has 3 aromatic rings. The summed E-state index contributed by atoms with van der Waals surface area (Å²) >= 11 is 0. The second-order valence-electron chi connectivity index (χ2n) is 8.64. The van der Waals surface area contributed by atoms with Crippen molar-refractivity contribution in [1.82, 2.24) is 9.88 Å². The van der Waals surface area contributed by atoms with E-state index in [2.05, 4.69) is 4.98 Å². The number of hydrogen-bond donors (Lipinski definition) is 1. The minimum absolute atomic E-state index is 0.0169. The van der Waals surface area contributed by atoms with Gasteiger partial charge in [0.15, 0.2) is 0 Å². The molecule has 1 atom stereocenters. The number of para-hydroxylation sites is 1. The molecule has 0 radical (unpaired) electrons. The predicted octanol–water partition coefficient (Wildman–Crippen LogP) is 4.84. The van der Waals surface area contributed by atoms with E-state index in [-0.39, 0.29) is 23.8 Å². The molecule has 1 N–H and O–H groups in total. The Kier molecular flexibility index (Phi) is 6.87. The number of pyridine rings is 1. The van der Waals surface area contributed by atoms with Crippen LogP contribution in [-0.4, -0.2) is 40.9 Å². The zero-order valence-electron chi connectivity index (χ0n) is 20.2. The van der Waals surface area contributed by atoms with Crippen LogP contribution in [-0.2, 0) is 16.1 Å². The predicted molar refractivity (Wildman–Crippen MR) is 132 cm³/mol. The lowest BCUT2D eigenvalue weighted by Crippen LogP contribution is -2.29. The second-order valence-corrected chi connectivity index (χ2v) is 8.64. The number of likely N-dealkylation sites (tertiary alicyclic amines) is 1. The smallest absolute Gasteiger partial charge is 0.295 e. The third-order valence-electron chi connectivity index (χ3n) is 6.17. The van der Waals surface area contributed by atoms with Crippen LogP contribution in [0.1, 0.15) is 48.1 Å². The number of aliphatic hydroxyl groups excluding tert-OH is 1. The Morgan fingerprint density at radius 2 is 1.77 bits per heavy atom. The van der Waals surface area contributed by atoms with E-state index in [9.17, 15) is 14.7 Å². The maximum atomic E-state index is 13.4. The Morgan fingerprint density at radius 3 is 2.43 bits per heavy atom. The second kappa shape index (κ2) is 10.0. The highest BCUT2D eigenvalue weighted by Gasteiger charge is 2.47. The van der Waals surface area contributed by atoms with Gasteiger partial charge in [0.25, 0.3) is 11.7 Å². The first-order valence-electron chi connectivity index (χ1n) is 11.4. The van der Waals surface area contributed by atoms with Crippen molar-refractivity contribution in [3.8, 4) is 11.5 Å². The number of rotatable bonds is 7. The Balaban J connectivity index is 1.91. The van der Waals surface area contributed by atoms with Gasteiger partial charge < -0.3 is 19.5 Å². The van der Waals surface area contributed by atoms with Crippen molar-refractivity contribution >= 4 is 17.4 Å². The Hall–Kier alpha value is -4.13. The molecule has 1 aliphatic heterocycles. The molecule has 180 valence electrons. The standard InChI is InChI=1S/C28H28N2O5/c1-17(2)21-14-19(11-12-23(21)35-4)26(31)24-25(20-9-5-6-10-22(20)34-3)30(28(33)27(24)32)16-18-8-7-13-29-15-18/h5-15,17,25,31H,16H2,1-4H3/b26-24+. The number of ketones is 1. The number of Topliss-reactive ketones (excluding diaryl/α,β-unsaturated/α-hetero) is 1. The number of ether oxygens (including phenoxy) is 2. The first-order chi connectivity index (χ1) is 16.9. The van der Waals surface area contributed by atoms with E-state index in [0.29, 0.717) is 22.6 Å². The Bertz CT molecular complexity index is 1280. The molecule has 1 amide bonds. The summed E-state index contributed by atoms with van der Waals surface area (Å²) in [7, 11) is 3.12. The molecule has 0 spiro atoms. The number of amides is 1. The van der Waals surface area contributed by atoms with E-state index >= 15 is 0 Å². The van der Waals surface area contributed by atoms with Crippen LogP contribution < -0.4 is 9.47 Å². The van der Waals surface area contributed by atoms with Gasteiger partial charge >= 0.3 is 0 Å². The monoisotopic (exact) mass is 472 g/mol. The molecule has 7 heteroatoms. The zero-order valence-corrected chi connectivity index (χ0v) is 20.2. The summed E-state index contributed by atoms with van der Waals surface area (Å²) in [6.45, 7) is 4.18. The highest BCUT2D eigenvalue weighted by atomic mass is 16.5. The summed E-state index contributed by atoms with van der Waals surface area (Å²) in [5, 5.41) is 11.4. The maximum Gasteiger partial charge on any atom is 0.295 e. The van der Waals surface area contributed by atoms with Crippen molar-refractivity contribution in [2.75, 3.05) is 14.2 Å². The molecule has 2 heterocycles.